The van der Waals surface area contributed by atoms with E-state index in [1.165, 1.54) is 36.2 Å². The standard InChI is InChI=1S/C17H28N2/c1-11(2)15-12(3)18-14(10-13-8-7-9-13)19-16(15)17(4,5)6/h11,13H,7-10H2,1-6H3. The van der Waals surface area contributed by atoms with Crippen molar-refractivity contribution < 1.29 is 0 Å². The first-order valence-electron chi connectivity index (χ1n) is 7.67. The van der Waals surface area contributed by atoms with Crippen molar-refractivity contribution in [2.24, 2.45) is 5.92 Å². The van der Waals surface area contributed by atoms with Crippen LogP contribution in [0.4, 0.5) is 0 Å². The third-order valence-electron chi connectivity index (χ3n) is 4.17. The monoisotopic (exact) mass is 260 g/mol. The molecule has 2 rings (SSSR count). The van der Waals surface area contributed by atoms with Gasteiger partial charge in [-0.2, -0.15) is 0 Å². The Hall–Kier alpha value is -0.920. The van der Waals surface area contributed by atoms with Crippen LogP contribution in [-0.4, -0.2) is 9.97 Å². The van der Waals surface area contributed by atoms with Crippen molar-refractivity contribution >= 4 is 0 Å². The van der Waals surface area contributed by atoms with E-state index in [9.17, 15) is 0 Å². The molecule has 19 heavy (non-hydrogen) atoms. The second kappa shape index (κ2) is 5.22. The lowest BCUT2D eigenvalue weighted by Crippen LogP contribution is -2.23. The number of nitrogens with zero attached hydrogens (tertiary/aromatic N) is 2. The molecule has 1 aliphatic carbocycles. The summed E-state index contributed by atoms with van der Waals surface area (Å²) >= 11 is 0. The van der Waals surface area contributed by atoms with E-state index in [1.54, 1.807) is 0 Å². The van der Waals surface area contributed by atoms with Gasteiger partial charge in [0.25, 0.3) is 0 Å². The summed E-state index contributed by atoms with van der Waals surface area (Å²) in [5, 5.41) is 0. The summed E-state index contributed by atoms with van der Waals surface area (Å²) in [4.78, 5) is 9.72. The summed E-state index contributed by atoms with van der Waals surface area (Å²) in [5.41, 5.74) is 3.89. The largest absolute Gasteiger partial charge is 0.238 e. The van der Waals surface area contributed by atoms with Gasteiger partial charge in [-0.15, -0.1) is 0 Å². The fourth-order valence-electron chi connectivity index (χ4n) is 2.95. The van der Waals surface area contributed by atoms with Gasteiger partial charge >= 0.3 is 0 Å². The molecule has 0 amide bonds. The normalized spacial score (nSPS) is 16.8. The quantitative estimate of drug-likeness (QED) is 0.797. The number of aromatic nitrogens is 2. The van der Waals surface area contributed by atoms with Gasteiger partial charge < -0.3 is 0 Å². The van der Waals surface area contributed by atoms with Crippen LogP contribution >= 0.6 is 0 Å². The average Bonchev–Trinajstić information content (AvgIpc) is 2.20. The van der Waals surface area contributed by atoms with Crippen molar-refractivity contribution in [3.8, 4) is 0 Å². The first kappa shape index (κ1) is 14.5. The van der Waals surface area contributed by atoms with Gasteiger partial charge in [0.2, 0.25) is 0 Å². The lowest BCUT2D eigenvalue weighted by atomic mass is 9.81. The van der Waals surface area contributed by atoms with Crippen LogP contribution in [0.1, 0.15) is 82.6 Å². The summed E-state index contributed by atoms with van der Waals surface area (Å²) in [5.74, 6) is 2.39. The summed E-state index contributed by atoms with van der Waals surface area (Å²) in [6.45, 7) is 13.4. The molecule has 0 atom stereocenters. The lowest BCUT2D eigenvalue weighted by molar-refractivity contribution is 0.308. The summed E-state index contributed by atoms with van der Waals surface area (Å²) < 4.78 is 0. The molecule has 1 aromatic rings. The Labute approximate surface area is 118 Å². The Bertz CT molecular complexity index is 451. The molecule has 0 aromatic carbocycles. The molecule has 1 aliphatic rings. The van der Waals surface area contributed by atoms with Crippen molar-refractivity contribution in [2.45, 2.75) is 78.6 Å². The van der Waals surface area contributed by atoms with Gasteiger partial charge in [0.15, 0.2) is 0 Å². The molecule has 1 aromatic heterocycles. The van der Waals surface area contributed by atoms with Crippen LogP contribution in [0.15, 0.2) is 0 Å². The highest BCUT2D eigenvalue weighted by molar-refractivity contribution is 5.33. The highest BCUT2D eigenvalue weighted by atomic mass is 14.9. The van der Waals surface area contributed by atoms with Crippen LogP contribution in [0.2, 0.25) is 0 Å². The predicted octanol–water partition coefficient (Wildman–Crippen LogP) is 4.55. The Morgan fingerprint density at radius 3 is 2.21 bits per heavy atom. The molecular formula is C17H28N2. The predicted molar refractivity (Wildman–Crippen MR) is 80.6 cm³/mol. The van der Waals surface area contributed by atoms with Gasteiger partial charge in [0.05, 0.1) is 5.69 Å². The lowest BCUT2D eigenvalue weighted by Gasteiger charge is -2.28. The van der Waals surface area contributed by atoms with E-state index in [-0.39, 0.29) is 5.41 Å². The molecular weight excluding hydrogens is 232 g/mol. The first-order chi connectivity index (χ1) is 8.79. The minimum Gasteiger partial charge on any atom is -0.238 e. The van der Waals surface area contributed by atoms with E-state index < -0.39 is 0 Å². The third kappa shape index (κ3) is 3.16. The molecule has 1 fully saturated rings. The zero-order valence-electron chi connectivity index (χ0n) is 13.4. The second-order valence-corrected chi connectivity index (χ2v) is 7.39. The number of hydrogen-bond donors (Lipinski definition) is 0. The molecule has 2 nitrogen and oxygen atoms in total. The maximum atomic E-state index is 4.94. The minimum atomic E-state index is 0.0989. The van der Waals surface area contributed by atoms with Gasteiger partial charge in [0.1, 0.15) is 5.82 Å². The Balaban J connectivity index is 2.40. The summed E-state index contributed by atoms with van der Waals surface area (Å²) in [7, 11) is 0. The van der Waals surface area contributed by atoms with Gasteiger partial charge in [-0.25, -0.2) is 9.97 Å². The third-order valence-corrected chi connectivity index (χ3v) is 4.17. The van der Waals surface area contributed by atoms with Crippen LogP contribution in [0.5, 0.6) is 0 Å². The number of aryl methyl sites for hydroxylation is 1. The fraction of sp³-hybridized carbons (Fsp3) is 0.765. The zero-order valence-corrected chi connectivity index (χ0v) is 13.4. The van der Waals surface area contributed by atoms with E-state index in [2.05, 4.69) is 41.5 Å². The van der Waals surface area contributed by atoms with Gasteiger partial charge in [-0.05, 0) is 24.3 Å². The molecule has 0 saturated heterocycles. The Kier molecular flexibility index (Phi) is 3.98. The van der Waals surface area contributed by atoms with Gasteiger partial charge in [0, 0.05) is 17.5 Å². The fourth-order valence-corrected chi connectivity index (χ4v) is 2.95. The van der Waals surface area contributed by atoms with Gasteiger partial charge in [-0.3, -0.25) is 0 Å². The van der Waals surface area contributed by atoms with Crippen LogP contribution < -0.4 is 0 Å². The highest BCUT2D eigenvalue weighted by Crippen LogP contribution is 2.33. The number of rotatable bonds is 3. The van der Waals surface area contributed by atoms with Crippen molar-refractivity contribution in [1.82, 2.24) is 9.97 Å². The van der Waals surface area contributed by atoms with Gasteiger partial charge in [-0.1, -0.05) is 53.9 Å². The SMILES string of the molecule is Cc1nc(CC2CCC2)nc(C(C)(C)C)c1C(C)C. The Morgan fingerprint density at radius 2 is 1.79 bits per heavy atom. The van der Waals surface area contributed by atoms with Crippen LogP contribution in [0.3, 0.4) is 0 Å². The highest BCUT2D eigenvalue weighted by Gasteiger charge is 2.26. The smallest absolute Gasteiger partial charge is 0.129 e. The average molecular weight is 260 g/mol. The topological polar surface area (TPSA) is 25.8 Å². The van der Waals surface area contributed by atoms with Crippen LogP contribution in [0.25, 0.3) is 0 Å². The summed E-state index contributed by atoms with van der Waals surface area (Å²) in [6.07, 6.45) is 5.18. The molecule has 0 spiro atoms. The molecule has 1 heterocycles. The molecule has 2 heteroatoms. The minimum absolute atomic E-state index is 0.0989. The second-order valence-electron chi connectivity index (χ2n) is 7.39. The first-order valence-corrected chi connectivity index (χ1v) is 7.67. The molecule has 106 valence electrons. The maximum absolute atomic E-state index is 4.94. The van der Waals surface area contributed by atoms with E-state index in [4.69, 9.17) is 9.97 Å². The molecule has 1 saturated carbocycles. The molecule has 0 N–H and O–H groups in total. The van der Waals surface area contributed by atoms with E-state index in [1.807, 2.05) is 0 Å². The molecule has 0 radical (unpaired) electrons. The molecule has 0 bridgehead atoms. The van der Waals surface area contributed by atoms with Crippen molar-refractivity contribution in [3.05, 3.63) is 22.8 Å². The van der Waals surface area contributed by atoms with Crippen LogP contribution in [-0.2, 0) is 11.8 Å². The molecule has 0 unspecified atom stereocenters. The van der Waals surface area contributed by atoms with Crippen molar-refractivity contribution in [2.75, 3.05) is 0 Å². The van der Waals surface area contributed by atoms with Crippen LogP contribution in [0, 0.1) is 12.8 Å². The van der Waals surface area contributed by atoms with Crippen molar-refractivity contribution in [3.63, 3.8) is 0 Å². The maximum Gasteiger partial charge on any atom is 0.129 e. The summed E-state index contributed by atoms with van der Waals surface area (Å²) in [6, 6.07) is 0. The van der Waals surface area contributed by atoms with E-state index >= 15 is 0 Å². The zero-order chi connectivity index (χ0) is 14.2. The Morgan fingerprint density at radius 1 is 1.16 bits per heavy atom. The van der Waals surface area contributed by atoms with Crippen molar-refractivity contribution in [1.29, 1.82) is 0 Å². The number of hydrogen-bond acceptors (Lipinski definition) is 2. The van der Waals surface area contributed by atoms with E-state index in [0.29, 0.717) is 5.92 Å². The molecule has 0 aliphatic heterocycles. The van der Waals surface area contributed by atoms with E-state index in [0.717, 1.165) is 18.2 Å².